The molecule has 1 N–H and O–H groups in total. The van der Waals surface area contributed by atoms with Crippen LogP contribution in [0.25, 0.3) is 0 Å². The molecule has 3 atom stereocenters. The van der Waals surface area contributed by atoms with Crippen molar-refractivity contribution in [2.24, 2.45) is 0 Å². The van der Waals surface area contributed by atoms with E-state index < -0.39 is 33.9 Å². The van der Waals surface area contributed by atoms with Crippen molar-refractivity contribution >= 4 is 16.2 Å². The molecule has 1 aliphatic rings. The minimum absolute atomic E-state index is 0.132. The number of benzene rings is 1. The molecule has 0 saturated carbocycles. The van der Waals surface area contributed by atoms with Crippen LogP contribution in [0.4, 0.5) is 4.79 Å². The third-order valence-electron chi connectivity index (χ3n) is 3.92. The predicted molar refractivity (Wildman–Crippen MR) is 84.2 cm³/mol. The van der Waals surface area contributed by atoms with Crippen LogP contribution in [-0.2, 0) is 19.5 Å². The number of ether oxygens (including phenoxy) is 2. The predicted octanol–water partition coefficient (Wildman–Crippen LogP) is 1.98. The van der Waals surface area contributed by atoms with Gasteiger partial charge in [0.25, 0.3) is 0 Å². The Morgan fingerprint density at radius 1 is 1.39 bits per heavy atom. The fraction of sp³-hybridized carbons (Fsp3) is 0.438. The van der Waals surface area contributed by atoms with Crippen molar-refractivity contribution in [2.45, 2.75) is 49.8 Å². The molecular weight excluding hydrogens is 318 g/mol. The molecule has 1 fully saturated rings. The summed E-state index contributed by atoms with van der Waals surface area (Å²) in [6.45, 7) is 5.20. The van der Waals surface area contributed by atoms with Crippen LogP contribution >= 0.6 is 0 Å². The lowest BCUT2D eigenvalue weighted by Crippen LogP contribution is -2.55. The largest absolute Gasteiger partial charge is 0.510 e. The number of terminal acetylenes is 1. The number of rotatable bonds is 5. The molecule has 0 amide bonds. The highest BCUT2D eigenvalue weighted by atomic mass is 32.2. The van der Waals surface area contributed by atoms with Gasteiger partial charge in [-0.2, -0.15) is 0 Å². The molecule has 1 heterocycles. The Morgan fingerprint density at radius 3 is 2.52 bits per heavy atom. The lowest BCUT2D eigenvalue weighted by Gasteiger charge is -2.32. The van der Waals surface area contributed by atoms with E-state index in [1.165, 1.54) is 12.1 Å². The van der Waals surface area contributed by atoms with Crippen LogP contribution in [0.15, 0.2) is 29.2 Å². The van der Waals surface area contributed by atoms with Gasteiger partial charge in [-0.25, -0.2) is 17.9 Å². The number of nitrogens with one attached hydrogen (secondary N) is 1. The molecule has 1 aliphatic heterocycles. The Hall–Kier alpha value is -2.04. The molecule has 0 aromatic heterocycles. The first-order chi connectivity index (χ1) is 10.7. The van der Waals surface area contributed by atoms with E-state index in [-0.39, 0.29) is 4.90 Å². The molecule has 23 heavy (non-hydrogen) atoms. The van der Waals surface area contributed by atoms with Crippen LogP contribution in [0.5, 0.6) is 0 Å². The first kappa shape index (κ1) is 17.3. The van der Waals surface area contributed by atoms with Gasteiger partial charge in [-0.15, -0.1) is 6.42 Å². The normalized spacial score (nSPS) is 25.3. The number of hydrogen-bond acceptors (Lipinski definition) is 5. The fourth-order valence-corrected chi connectivity index (χ4v) is 3.91. The zero-order valence-electron chi connectivity index (χ0n) is 13.2. The van der Waals surface area contributed by atoms with Crippen LogP contribution in [0.2, 0.25) is 0 Å². The Labute approximate surface area is 136 Å². The van der Waals surface area contributed by atoms with E-state index in [0.717, 1.165) is 5.56 Å². The first-order valence-corrected chi connectivity index (χ1v) is 8.66. The Balaban J connectivity index is 2.30. The topological polar surface area (TPSA) is 81.7 Å². The van der Waals surface area contributed by atoms with Gasteiger partial charge in [-0.3, -0.25) is 0 Å². The summed E-state index contributed by atoms with van der Waals surface area (Å²) in [7, 11) is -3.78. The minimum Gasteiger partial charge on any atom is -0.421 e. The van der Waals surface area contributed by atoms with Crippen molar-refractivity contribution in [3.05, 3.63) is 29.8 Å². The molecule has 2 rings (SSSR count). The van der Waals surface area contributed by atoms with Gasteiger partial charge in [0, 0.05) is 0 Å². The fourth-order valence-electron chi connectivity index (χ4n) is 2.50. The van der Waals surface area contributed by atoms with Gasteiger partial charge >= 0.3 is 6.16 Å². The average Bonchev–Trinajstić information content (AvgIpc) is 2.80. The number of hydrogen-bond donors (Lipinski definition) is 1. The molecule has 6 nitrogen and oxygen atoms in total. The van der Waals surface area contributed by atoms with Crippen molar-refractivity contribution in [3.8, 4) is 12.3 Å². The summed E-state index contributed by atoms with van der Waals surface area (Å²) in [6, 6.07) is 5.73. The average molecular weight is 337 g/mol. The molecule has 0 spiro atoms. The highest BCUT2D eigenvalue weighted by molar-refractivity contribution is 7.89. The zero-order chi connectivity index (χ0) is 17.3. The lowest BCUT2D eigenvalue weighted by molar-refractivity contribution is 0.0318. The van der Waals surface area contributed by atoms with Crippen molar-refractivity contribution in [1.29, 1.82) is 0 Å². The van der Waals surface area contributed by atoms with Gasteiger partial charge in [0.1, 0.15) is 0 Å². The summed E-state index contributed by atoms with van der Waals surface area (Å²) in [4.78, 5) is 11.5. The van der Waals surface area contributed by atoms with E-state index in [1.807, 2.05) is 6.92 Å². The van der Waals surface area contributed by atoms with E-state index >= 15 is 0 Å². The second kappa shape index (κ2) is 6.22. The van der Waals surface area contributed by atoms with Crippen LogP contribution in [0.3, 0.4) is 0 Å². The minimum atomic E-state index is -3.78. The van der Waals surface area contributed by atoms with Crippen molar-refractivity contribution in [3.63, 3.8) is 0 Å². The molecule has 0 bridgehead atoms. The highest BCUT2D eigenvalue weighted by Gasteiger charge is 2.53. The molecule has 7 heteroatoms. The SMILES string of the molecule is C#C[C@@H]1OC(=O)O[C@]1(C)[C@@H](CC)NS(=O)(=O)c1ccc(C)cc1. The maximum absolute atomic E-state index is 12.5. The molecule has 0 radical (unpaired) electrons. The van der Waals surface area contributed by atoms with Crippen LogP contribution < -0.4 is 4.72 Å². The molecule has 124 valence electrons. The maximum Gasteiger partial charge on any atom is 0.510 e. The third-order valence-corrected chi connectivity index (χ3v) is 5.41. The van der Waals surface area contributed by atoms with E-state index in [9.17, 15) is 13.2 Å². The van der Waals surface area contributed by atoms with Crippen LogP contribution in [-0.4, -0.2) is 32.3 Å². The lowest BCUT2D eigenvalue weighted by atomic mass is 9.89. The first-order valence-electron chi connectivity index (χ1n) is 7.17. The van der Waals surface area contributed by atoms with E-state index in [4.69, 9.17) is 15.9 Å². The third kappa shape index (κ3) is 3.33. The summed E-state index contributed by atoms with van der Waals surface area (Å²) in [5.41, 5.74) is -0.313. The Kier molecular flexibility index (Phi) is 4.68. The van der Waals surface area contributed by atoms with Gasteiger partial charge < -0.3 is 9.47 Å². The maximum atomic E-state index is 12.5. The van der Waals surface area contributed by atoms with Gasteiger partial charge in [-0.05, 0) is 32.4 Å². The van der Waals surface area contributed by atoms with E-state index in [0.29, 0.717) is 6.42 Å². The summed E-state index contributed by atoms with van der Waals surface area (Å²) in [5.74, 6) is 2.33. The monoisotopic (exact) mass is 337 g/mol. The van der Waals surface area contributed by atoms with Crippen molar-refractivity contribution < 1.29 is 22.7 Å². The number of aryl methyl sites for hydroxylation is 1. The number of carbonyl (C=O) groups excluding carboxylic acids is 1. The van der Waals surface area contributed by atoms with Gasteiger partial charge in [-0.1, -0.05) is 30.5 Å². The smallest absolute Gasteiger partial charge is 0.421 e. The summed E-state index contributed by atoms with van der Waals surface area (Å²) < 4.78 is 37.7. The van der Waals surface area contributed by atoms with Crippen molar-refractivity contribution in [2.75, 3.05) is 0 Å². The number of carbonyl (C=O) groups is 1. The molecule has 1 aromatic carbocycles. The quantitative estimate of drug-likeness (QED) is 0.656. The number of sulfonamides is 1. The van der Waals surface area contributed by atoms with E-state index in [2.05, 4.69) is 10.6 Å². The molecular formula is C16H19NO5S. The summed E-state index contributed by atoms with van der Waals surface area (Å²) in [6.07, 6.45) is 3.89. The second-order valence-corrected chi connectivity index (χ2v) is 7.31. The molecule has 1 aromatic rings. The highest BCUT2D eigenvalue weighted by Crippen LogP contribution is 2.32. The number of cyclic esters (lactones) is 2. The van der Waals surface area contributed by atoms with Crippen molar-refractivity contribution in [1.82, 2.24) is 4.72 Å². The van der Waals surface area contributed by atoms with Crippen LogP contribution in [0.1, 0.15) is 25.8 Å². The standard InChI is InChI=1S/C16H19NO5S/c1-5-13(16(4)14(6-2)21-15(18)22-16)17-23(19,20)12-9-7-11(3)8-10-12/h2,7-10,13-14,17H,5H2,1,3-4H3/t13-,14+,16-/m1/s1. The van der Waals surface area contributed by atoms with E-state index in [1.54, 1.807) is 26.0 Å². The van der Waals surface area contributed by atoms with Crippen LogP contribution in [0, 0.1) is 19.3 Å². The molecule has 0 aliphatic carbocycles. The summed E-state index contributed by atoms with van der Waals surface area (Å²) in [5, 5.41) is 0. The zero-order valence-corrected chi connectivity index (χ0v) is 14.0. The molecule has 1 saturated heterocycles. The van der Waals surface area contributed by atoms with Gasteiger partial charge in [0.2, 0.25) is 16.1 Å². The summed E-state index contributed by atoms with van der Waals surface area (Å²) >= 11 is 0. The van der Waals surface area contributed by atoms with Gasteiger partial charge in [0.05, 0.1) is 10.9 Å². The molecule has 0 unspecified atom stereocenters. The second-order valence-electron chi connectivity index (χ2n) is 5.60. The Morgan fingerprint density at radius 2 is 2.00 bits per heavy atom. The van der Waals surface area contributed by atoms with Gasteiger partial charge in [0.15, 0.2) is 5.60 Å². The Bertz CT molecular complexity index is 735.